The molecule has 0 aliphatic carbocycles. The molecule has 1 aromatic rings. The van der Waals surface area contributed by atoms with Crippen LogP contribution in [0.15, 0.2) is 29.2 Å². The van der Waals surface area contributed by atoms with Crippen molar-refractivity contribution in [3.8, 4) is 0 Å². The molecule has 14 heavy (non-hydrogen) atoms. The van der Waals surface area contributed by atoms with Crippen molar-refractivity contribution in [3.05, 3.63) is 29.8 Å². The Morgan fingerprint density at radius 1 is 1.29 bits per heavy atom. The van der Waals surface area contributed by atoms with Gasteiger partial charge in [0.15, 0.2) is 0 Å². The van der Waals surface area contributed by atoms with Crippen LogP contribution in [0.2, 0.25) is 0 Å². The van der Waals surface area contributed by atoms with Gasteiger partial charge in [-0.25, -0.2) is 8.42 Å². The van der Waals surface area contributed by atoms with Crippen LogP contribution in [0, 0.1) is 0 Å². The van der Waals surface area contributed by atoms with E-state index in [-0.39, 0.29) is 69.3 Å². The molecule has 0 atom stereocenters. The van der Waals surface area contributed by atoms with Gasteiger partial charge in [0.1, 0.15) is 10.1 Å². The maximum Gasteiger partial charge on any atom is 1.00 e. The van der Waals surface area contributed by atoms with E-state index in [2.05, 4.69) is 0 Å². The van der Waals surface area contributed by atoms with Gasteiger partial charge in [0.2, 0.25) is 0 Å². The van der Waals surface area contributed by atoms with Crippen LogP contribution in [0.5, 0.6) is 0 Å². The van der Waals surface area contributed by atoms with Crippen LogP contribution in [0.3, 0.4) is 0 Å². The second-order valence-electron chi connectivity index (χ2n) is 2.54. The molecule has 1 rings (SSSR count). The summed E-state index contributed by atoms with van der Waals surface area (Å²) in [6, 6.07) is 5.86. The van der Waals surface area contributed by atoms with Crippen molar-refractivity contribution in [2.45, 2.75) is 11.3 Å². The first-order valence-corrected chi connectivity index (χ1v) is 5.11. The Morgan fingerprint density at radius 3 is 2.36 bits per heavy atom. The Kier molecular flexibility index (Phi) is 6.67. The molecule has 1 aromatic carbocycles. The molecule has 0 aromatic heterocycles. The zero-order valence-corrected chi connectivity index (χ0v) is 11.7. The molecule has 0 saturated heterocycles. The third-order valence-corrected chi connectivity index (χ3v) is 2.56. The van der Waals surface area contributed by atoms with Gasteiger partial charge in [-0.15, -0.1) is 0 Å². The third-order valence-electron chi connectivity index (χ3n) is 1.62. The molecular weight excluding hydrogens is 231 g/mol. The Bertz CT molecular complexity index is 388. The van der Waals surface area contributed by atoms with E-state index in [9.17, 15) is 13.0 Å². The van der Waals surface area contributed by atoms with E-state index in [4.69, 9.17) is 5.11 Å². The van der Waals surface area contributed by atoms with Crippen molar-refractivity contribution in [2.75, 3.05) is 6.61 Å². The van der Waals surface area contributed by atoms with Crippen molar-refractivity contribution in [1.29, 1.82) is 0 Å². The van der Waals surface area contributed by atoms with Crippen molar-refractivity contribution >= 4 is 10.1 Å². The molecule has 0 radical (unpaired) electrons. The smallest absolute Gasteiger partial charge is 0.744 e. The van der Waals surface area contributed by atoms with E-state index in [1.54, 1.807) is 6.07 Å². The van der Waals surface area contributed by atoms with Gasteiger partial charge in [-0.3, -0.25) is 0 Å². The fourth-order valence-corrected chi connectivity index (χ4v) is 1.81. The zero-order chi connectivity index (χ0) is 9.90. The van der Waals surface area contributed by atoms with E-state index >= 15 is 0 Å². The molecule has 0 saturated carbocycles. The molecule has 0 bridgehead atoms. The molecule has 0 unspecified atom stereocenters. The topological polar surface area (TPSA) is 77.4 Å². The molecule has 0 aliphatic rings. The normalized spacial score (nSPS) is 10.7. The van der Waals surface area contributed by atoms with Crippen LogP contribution in [0.25, 0.3) is 0 Å². The maximum absolute atomic E-state index is 10.7. The molecule has 72 valence electrons. The second-order valence-corrected chi connectivity index (χ2v) is 3.88. The summed E-state index contributed by atoms with van der Waals surface area (Å²) >= 11 is 0. The van der Waals surface area contributed by atoms with Crippen LogP contribution < -0.4 is 51.4 Å². The molecule has 0 amide bonds. The molecule has 0 fully saturated rings. The molecule has 0 heterocycles. The van der Waals surface area contributed by atoms with Gasteiger partial charge in [0, 0.05) is 6.61 Å². The Balaban J connectivity index is 0.00000169. The van der Waals surface area contributed by atoms with Gasteiger partial charge in [-0.2, -0.15) is 0 Å². The van der Waals surface area contributed by atoms with Gasteiger partial charge in [-0.1, -0.05) is 18.2 Å². The minimum absolute atomic E-state index is 0. The van der Waals surface area contributed by atoms with E-state index in [0.29, 0.717) is 5.56 Å². The quantitative estimate of drug-likeness (QED) is 0.455. The van der Waals surface area contributed by atoms with Gasteiger partial charge in [0.05, 0.1) is 4.90 Å². The summed E-state index contributed by atoms with van der Waals surface area (Å²) in [5, 5.41) is 8.61. The standard InChI is InChI=1S/C8H10O4S.K/c9-6-5-7-3-1-2-4-8(7)13(10,11)12;/h1-4,9H,5-6H2,(H,10,11,12);/q;+1/p-1. The van der Waals surface area contributed by atoms with Gasteiger partial charge < -0.3 is 9.66 Å². The van der Waals surface area contributed by atoms with Crippen LogP contribution in [0.4, 0.5) is 0 Å². The van der Waals surface area contributed by atoms with Crippen molar-refractivity contribution < 1.29 is 69.5 Å². The Morgan fingerprint density at radius 2 is 1.86 bits per heavy atom. The summed E-state index contributed by atoms with van der Waals surface area (Å²) in [5.41, 5.74) is 0.361. The number of aliphatic hydroxyl groups is 1. The summed E-state index contributed by atoms with van der Waals surface area (Å²) in [6.45, 7) is -0.174. The first-order chi connectivity index (χ1) is 6.05. The van der Waals surface area contributed by atoms with Crippen LogP contribution >= 0.6 is 0 Å². The number of benzene rings is 1. The molecular formula is C8H9KO4S. The van der Waals surface area contributed by atoms with Gasteiger partial charge in [-0.05, 0) is 18.1 Å². The van der Waals surface area contributed by atoms with Crippen molar-refractivity contribution in [2.24, 2.45) is 0 Å². The minimum atomic E-state index is -4.42. The number of aliphatic hydroxyl groups excluding tert-OH is 1. The fraction of sp³-hybridized carbons (Fsp3) is 0.250. The predicted octanol–water partition coefficient (Wildman–Crippen LogP) is -2.87. The molecule has 1 N–H and O–H groups in total. The van der Waals surface area contributed by atoms with Crippen LogP contribution in [0.1, 0.15) is 5.56 Å². The predicted molar refractivity (Wildman–Crippen MR) is 45.2 cm³/mol. The second kappa shape index (κ2) is 6.34. The third kappa shape index (κ3) is 4.07. The van der Waals surface area contributed by atoms with Crippen molar-refractivity contribution in [1.82, 2.24) is 0 Å². The molecule has 4 nitrogen and oxygen atoms in total. The Labute approximate surface area is 126 Å². The van der Waals surface area contributed by atoms with E-state index < -0.39 is 10.1 Å². The van der Waals surface area contributed by atoms with E-state index in [1.807, 2.05) is 0 Å². The average molecular weight is 240 g/mol. The van der Waals surface area contributed by atoms with Crippen LogP contribution in [-0.4, -0.2) is 24.7 Å². The summed E-state index contributed by atoms with van der Waals surface area (Å²) in [4.78, 5) is -0.246. The molecule has 0 aliphatic heterocycles. The Hall–Kier alpha value is 0.726. The first kappa shape index (κ1) is 14.7. The van der Waals surface area contributed by atoms with E-state index in [1.165, 1.54) is 18.2 Å². The fourth-order valence-electron chi connectivity index (χ4n) is 1.07. The van der Waals surface area contributed by atoms with Crippen LogP contribution in [-0.2, 0) is 16.5 Å². The SMILES string of the molecule is O=S(=O)([O-])c1ccccc1CCO.[K+]. The molecule has 6 heteroatoms. The summed E-state index contributed by atoms with van der Waals surface area (Å²) in [7, 11) is -4.42. The van der Waals surface area contributed by atoms with Gasteiger partial charge >= 0.3 is 51.4 Å². The number of rotatable bonds is 3. The first-order valence-electron chi connectivity index (χ1n) is 3.70. The largest absolute Gasteiger partial charge is 1.00 e. The summed E-state index contributed by atoms with van der Waals surface area (Å²) in [5.74, 6) is 0. The summed E-state index contributed by atoms with van der Waals surface area (Å²) in [6.07, 6.45) is 0.178. The monoisotopic (exact) mass is 240 g/mol. The van der Waals surface area contributed by atoms with Gasteiger partial charge in [0.25, 0.3) is 0 Å². The summed E-state index contributed by atoms with van der Waals surface area (Å²) < 4.78 is 32.1. The number of hydrogen-bond acceptors (Lipinski definition) is 4. The average Bonchev–Trinajstić information content (AvgIpc) is 2.04. The van der Waals surface area contributed by atoms with Crippen molar-refractivity contribution in [3.63, 3.8) is 0 Å². The maximum atomic E-state index is 10.7. The number of hydrogen-bond donors (Lipinski definition) is 1. The zero-order valence-electron chi connectivity index (χ0n) is 7.80. The minimum Gasteiger partial charge on any atom is -0.744 e. The van der Waals surface area contributed by atoms with E-state index in [0.717, 1.165) is 0 Å². The molecule has 0 spiro atoms.